The van der Waals surface area contributed by atoms with Gasteiger partial charge in [0, 0.05) is 47.4 Å². The molecule has 1 radical (unpaired) electrons. The monoisotopic (exact) mass is 962 g/mol. The molecular weight excluding hydrogens is 889 g/mol. The van der Waals surface area contributed by atoms with Crippen LogP contribution in [0.4, 0.5) is 0 Å². The Morgan fingerprint density at radius 3 is 1.84 bits per heavy atom. The van der Waals surface area contributed by atoms with Crippen molar-refractivity contribution in [2.45, 2.75) is 161 Å². The number of fused-ring (bicyclic) bond motifs is 2. The van der Waals surface area contributed by atoms with Gasteiger partial charge < -0.3 is 5.11 Å². The van der Waals surface area contributed by atoms with Crippen LogP contribution in [-0.2, 0) is 24.9 Å². The minimum absolute atomic E-state index is 0. The maximum atomic E-state index is 12.2. The van der Waals surface area contributed by atoms with E-state index in [1.807, 2.05) is 52.9 Å². The van der Waals surface area contributed by atoms with Crippen LogP contribution in [0.15, 0.2) is 42.4 Å². The molecule has 2 aromatic carbocycles. The number of ketones is 1. The standard InChI is InChI=1S/C33H45N2SSi.C15H28O2.Ir/c1-20(2)16-37(17-21(3)4,18-22(5)6)33-25(10)30-32(36-33)31(35-19-34-30)27-14-26-13-24(9)11-12-28(26)29(15-27)23(7)8;1-7-14(5,8-2)12(16)11-13(17)15(6,9-3)10-4;/h11-13,15,19-23H,16-18H2,1-10H3;11,16H,7-10H2,1-6H3;/q-1;;/b;12-11-;. The molecule has 0 aliphatic heterocycles. The van der Waals surface area contributed by atoms with Crippen LogP contribution in [0.25, 0.3) is 32.2 Å². The van der Waals surface area contributed by atoms with Gasteiger partial charge in [0.15, 0.2) is 5.78 Å². The molecule has 307 valence electrons. The number of carbonyl (C=O) groups is 1. The minimum Gasteiger partial charge on any atom is -0.512 e. The van der Waals surface area contributed by atoms with Gasteiger partial charge in [0.2, 0.25) is 0 Å². The fourth-order valence-electron chi connectivity index (χ4n) is 8.31. The largest absolute Gasteiger partial charge is 0.512 e. The fraction of sp³-hybridized carbons (Fsp3) is 0.604. The third-order valence-corrected chi connectivity index (χ3v) is 21.0. The van der Waals surface area contributed by atoms with E-state index in [1.165, 1.54) is 56.4 Å². The average molecular weight is 962 g/mol. The summed E-state index contributed by atoms with van der Waals surface area (Å²) in [6, 6.07) is 16.9. The summed E-state index contributed by atoms with van der Waals surface area (Å²) in [5, 5.41) is 12.6. The Balaban J connectivity index is 0.000000493. The summed E-state index contributed by atoms with van der Waals surface area (Å²) in [5.41, 5.74) is 6.76. The maximum Gasteiger partial charge on any atom is 0.164 e. The SMILES string of the molecule is CCC(C)(CC)C(=O)/C=C(\O)C(C)(CC)CC.Cc1ccc2c(C(C)C)cc(-c3ncnc4c(C)c([Si](CC(C)C)(CC(C)C)CC(C)C)sc34)[c-]c2c1.[Ir]. The van der Waals surface area contributed by atoms with E-state index >= 15 is 0 Å². The van der Waals surface area contributed by atoms with E-state index in [-0.39, 0.29) is 42.5 Å². The van der Waals surface area contributed by atoms with E-state index in [9.17, 15) is 9.90 Å². The van der Waals surface area contributed by atoms with E-state index in [0.717, 1.165) is 42.5 Å². The van der Waals surface area contributed by atoms with Crippen molar-refractivity contribution >= 4 is 50.7 Å². The molecule has 1 N–H and O–H groups in total. The van der Waals surface area contributed by atoms with Gasteiger partial charge in [0.25, 0.3) is 0 Å². The summed E-state index contributed by atoms with van der Waals surface area (Å²) < 4.78 is 2.92. The number of thiophene rings is 1. The molecule has 4 rings (SSSR count). The summed E-state index contributed by atoms with van der Waals surface area (Å²) >= 11 is 2.02. The first-order valence-electron chi connectivity index (χ1n) is 20.9. The first kappa shape index (κ1) is 49.0. The van der Waals surface area contributed by atoms with Crippen LogP contribution < -0.4 is 4.50 Å². The normalized spacial score (nSPS) is 12.9. The predicted molar refractivity (Wildman–Crippen MR) is 240 cm³/mol. The number of aliphatic hydroxyl groups excluding tert-OH is 1. The van der Waals surface area contributed by atoms with Gasteiger partial charge in [-0.05, 0) is 73.3 Å². The van der Waals surface area contributed by atoms with E-state index < -0.39 is 8.07 Å². The first-order chi connectivity index (χ1) is 25.2. The van der Waals surface area contributed by atoms with Gasteiger partial charge in [-0.1, -0.05) is 144 Å². The molecule has 0 aliphatic carbocycles. The quantitative estimate of drug-likeness (QED) is 0.0526. The van der Waals surface area contributed by atoms with Crippen LogP contribution >= 0.6 is 11.3 Å². The molecule has 7 heteroatoms. The van der Waals surface area contributed by atoms with Crippen LogP contribution in [0.2, 0.25) is 18.1 Å². The molecule has 0 amide bonds. The van der Waals surface area contributed by atoms with E-state index in [0.29, 0.717) is 23.7 Å². The molecule has 0 bridgehead atoms. The van der Waals surface area contributed by atoms with Gasteiger partial charge in [-0.2, -0.15) is 0 Å². The number of rotatable bonds is 16. The van der Waals surface area contributed by atoms with Gasteiger partial charge in [-0.3, -0.25) is 9.78 Å². The van der Waals surface area contributed by atoms with Crippen molar-refractivity contribution in [1.29, 1.82) is 0 Å². The van der Waals surface area contributed by atoms with Crippen LogP contribution in [0.3, 0.4) is 0 Å². The van der Waals surface area contributed by atoms with E-state index in [2.05, 4.69) is 99.6 Å². The molecule has 55 heavy (non-hydrogen) atoms. The topological polar surface area (TPSA) is 63.1 Å². The van der Waals surface area contributed by atoms with Gasteiger partial charge in [-0.25, -0.2) is 4.98 Å². The smallest absolute Gasteiger partial charge is 0.164 e. The molecule has 0 unspecified atom stereocenters. The predicted octanol–water partition coefficient (Wildman–Crippen LogP) is 14.3. The summed E-state index contributed by atoms with van der Waals surface area (Å²) in [6.45, 7) is 35.6. The second-order valence-corrected chi connectivity index (χ2v) is 24.0. The Kier molecular flexibility index (Phi) is 18.2. The second kappa shape index (κ2) is 20.5. The van der Waals surface area contributed by atoms with Crippen LogP contribution in [0.1, 0.15) is 145 Å². The molecule has 0 spiro atoms. The Bertz CT molecular complexity index is 1870. The zero-order chi connectivity index (χ0) is 40.8. The minimum atomic E-state index is -1.75. The van der Waals surface area contributed by atoms with Gasteiger partial charge in [-0.15, -0.1) is 40.5 Å². The number of benzene rings is 2. The molecule has 0 fully saturated rings. The van der Waals surface area contributed by atoms with Gasteiger partial charge >= 0.3 is 0 Å². The zero-order valence-corrected chi connectivity index (χ0v) is 41.4. The van der Waals surface area contributed by atoms with Crippen molar-refractivity contribution in [3.63, 3.8) is 0 Å². The molecule has 2 heterocycles. The van der Waals surface area contributed by atoms with Crippen molar-refractivity contribution in [2.75, 3.05) is 0 Å². The number of aliphatic hydroxyl groups is 1. The van der Waals surface area contributed by atoms with Crippen molar-refractivity contribution in [1.82, 2.24) is 9.97 Å². The van der Waals surface area contributed by atoms with Gasteiger partial charge in [0.1, 0.15) is 20.2 Å². The zero-order valence-electron chi connectivity index (χ0n) is 37.2. The summed E-state index contributed by atoms with van der Waals surface area (Å²) in [5.74, 6) is 2.81. The Morgan fingerprint density at radius 2 is 1.36 bits per heavy atom. The Hall–Kier alpha value is -2.18. The number of aromatic nitrogens is 2. The number of allylic oxidation sites excluding steroid dienone is 2. The molecule has 0 atom stereocenters. The van der Waals surface area contributed by atoms with E-state index in [1.54, 1.807) is 10.8 Å². The number of nitrogens with zero attached hydrogens (tertiary/aromatic N) is 2. The van der Waals surface area contributed by atoms with Crippen molar-refractivity contribution < 1.29 is 30.0 Å². The molecule has 0 saturated carbocycles. The summed E-state index contributed by atoms with van der Waals surface area (Å²) in [7, 11) is -1.75. The number of carbonyl (C=O) groups excluding carboxylic acids is 1. The fourth-order valence-corrected chi connectivity index (χ4v) is 17.9. The van der Waals surface area contributed by atoms with Gasteiger partial charge in [0.05, 0.1) is 5.52 Å². The molecule has 4 nitrogen and oxygen atoms in total. The Morgan fingerprint density at radius 1 is 0.836 bits per heavy atom. The third kappa shape index (κ3) is 11.5. The van der Waals surface area contributed by atoms with Crippen LogP contribution in [-0.4, -0.2) is 28.9 Å². The third-order valence-electron chi connectivity index (χ3n) is 12.1. The number of hydrogen-bond acceptors (Lipinski definition) is 5. The molecule has 2 aromatic heterocycles. The molecule has 0 saturated heterocycles. The number of aryl methyl sites for hydroxylation is 2. The van der Waals surface area contributed by atoms with Crippen molar-refractivity contribution in [3.8, 4) is 11.3 Å². The summed E-state index contributed by atoms with van der Waals surface area (Å²) in [6.07, 6.45) is 6.53. The maximum absolute atomic E-state index is 12.2. The molecule has 4 aromatic rings. The van der Waals surface area contributed by atoms with Crippen LogP contribution in [0.5, 0.6) is 0 Å². The van der Waals surface area contributed by atoms with Crippen LogP contribution in [0, 0.1) is 48.5 Å². The average Bonchev–Trinajstić information content (AvgIpc) is 3.46. The first-order valence-corrected chi connectivity index (χ1v) is 24.3. The molecule has 0 aliphatic rings. The second-order valence-electron chi connectivity index (χ2n) is 18.3. The molecular formula is C48H73IrN2O2SSi-. The van der Waals surface area contributed by atoms with Crippen molar-refractivity contribution in [2.24, 2.45) is 28.6 Å². The van der Waals surface area contributed by atoms with Crippen molar-refractivity contribution in [3.05, 3.63) is 65.2 Å². The van der Waals surface area contributed by atoms with E-state index in [4.69, 9.17) is 9.97 Å². The summed E-state index contributed by atoms with van der Waals surface area (Å²) in [4.78, 5) is 22.0. The Labute approximate surface area is 354 Å². The number of hydrogen-bond donors (Lipinski definition) is 1.